The minimum Gasteiger partial charge on any atom is -0.377 e. The largest absolute Gasteiger partial charge is 0.377 e. The van der Waals surface area contributed by atoms with Gasteiger partial charge in [-0.2, -0.15) is 0 Å². The van der Waals surface area contributed by atoms with Crippen molar-refractivity contribution in [3.8, 4) is 0 Å². The molecule has 1 nitrogen and oxygen atoms in total. The second kappa shape index (κ2) is 6.35. The van der Waals surface area contributed by atoms with Crippen molar-refractivity contribution in [3.63, 3.8) is 0 Å². The Kier molecular flexibility index (Phi) is 4.97. The third-order valence-electron chi connectivity index (χ3n) is 3.65. The van der Waals surface area contributed by atoms with Crippen LogP contribution in [0.5, 0.6) is 0 Å². The van der Waals surface area contributed by atoms with Crippen molar-refractivity contribution in [2.75, 3.05) is 5.32 Å². The first-order valence-electron chi connectivity index (χ1n) is 6.68. The van der Waals surface area contributed by atoms with Crippen LogP contribution in [-0.4, -0.2) is 0 Å². The van der Waals surface area contributed by atoms with Crippen molar-refractivity contribution in [3.05, 3.63) is 61.2 Å². The number of rotatable bonds is 3. The molecule has 20 heavy (non-hydrogen) atoms. The molecule has 3 heteroatoms. The fraction of sp³-hybridized carbons (Fsp3) is 0.294. The molecule has 1 atom stereocenters. The standard InChI is InChI=1S/C17H19ClIN/c1-10-7-12(3)15(8-11(10)2)13(4)20-17-6-5-14(19)9-16(17)18/h5-9,13,20H,1-4H3. The van der Waals surface area contributed by atoms with E-state index in [0.29, 0.717) is 0 Å². The lowest BCUT2D eigenvalue weighted by molar-refractivity contribution is 0.870. The molecule has 1 unspecified atom stereocenters. The minimum absolute atomic E-state index is 0.229. The molecule has 0 amide bonds. The third-order valence-corrected chi connectivity index (χ3v) is 4.64. The summed E-state index contributed by atoms with van der Waals surface area (Å²) in [5.74, 6) is 0. The highest BCUT2D eigenvalue weighted by Crippen LogP contribution is 2.29. The lowest BCUT2D eigenvalue weighted by Crippen LogP contribution is -2.09. The van der Waals surface area contributed by atoms with Gasteiger partial charge in [0.15, 0.2) is 0 Å². The zero-order valence-corrected chi connectivity index (χ0v) is 15.1. The Labute approximate surface area is 139 Å². The fourth-order valence-electron chi connectivity index (χ4n) is 2.37. The summed E-state index contributed by atoms with van der Waals surface area (Å²) >= 11 is 8.56. The number of benzene rings is 2. The molecule has 0 saturated carbocycles. The number of hydrogen-bond donors (Lipinski definition) is 1. The highest BCUT2D eigenvalue weighted by molar-refractivity contribution is 14.1. The average molecular weight is 400 g/mol. The summed E-state index contributed by atoms with van der Waals surface area (Å²) in [6, 6.07) is 10.8. The first-order chi connectivity index (χ1) is 9.38. The molecule has 0 aliphatic heterocycles. The Bertz CT molecular complexity index is 637. The summed E-state index contributed by atoms with van der Waals surface area (Å²) in [5, 5.41) is 4.27. The van der Waals surface area contributed by atoms with Gasteiger partial charge >= 0.3 is 0 Å². The molecule has 2 rings (SSSR count). The van der Waals surface area contributed by atoms with Crippen LogP contribution in [0.25, 0.3) is 0 Å². The molecule has 0 heterocycles. The molecular formula is C17H19ClIN. The predicted octanol–water partition coefficient (Wildman–Crippen LogP) is 6.04. The normalized spacial score (nSPS) is 12.3. The molecular weight excluding hydrogens is 381 g/mol. The van der Waals surface area contributed by atoms with E-state index in [2.05, 4.69) is 73.8 Å². The van der Waals surface area contributed by atoms with E-state index in [-0.39, 0.29) is 6.04 Å². The lowest BCUT2D eigenvalue weighted by Gasteiger charge is -2.20. The van der Waals surface area contributed by atoms with E-state index in [9.17, 15) is 0 Å². The Morgan fingerprint density at radius 2 is 1.65 bits per heavy atom. The summed E-state index contributed by atoms with van der Waals surface area (Å²) in [4.78, 5) is 0. The number of aryl methyl sites for hydroxylation is 3. The summed E-state index contributed by atoms with van der Waals surface area (Å²) in [7, 11) is 0. The van der Waals surface area contributed by atoms with E-state index in [1.807, 2.05) is 12.1 Å². The van der Waals surface area contributed by atoms with Crippen LogP contribution < -0.4 is 5.32 Å². The molecule has 0 aromatic heterocycles. The molecule has 2 aromatic carbocycles. The molecule has 2 aromatic rings. The van der Waals surface area contributed by atoms with E-state index in [4.69, 9.17) is 11.6 Å². The summed E-state index contributed by atoms with van der Waals surface area (Å²) in [6.07, 6.45) is 0. The van der Waals surface area contributed by atoms with Gasteiger partial charge in [0, 0.05) is 9.61 Å². The van der Waals surface area contributed by atoms with Crippen LogP contribution in [-0.2, 0) is 0 Å². The Balaban J connectivity index is 2.28. The van der Waals surface area contributed by atoms with Crippen LogP contribution in [0.3, 0.4) is 0 Å². The van der Waals surface area contributed by atoms with Crippen LogP contribution in [0.15, 0.2) is 30.3 Å². The molecule has 1 N–H and O–H groups in total. The second-order valence-corrected chi connectivity index (χ2v) is 6.94. The van der Waals surface area contributed by atoms with Gasteiger partial charge in [-0.15, -0.1) is 0 Å². The van der Waals surface area contributed by atoms with Crippen molar-refractivity contribution in [1.82, 2.24) is 0 Å². The Morgan fingerprint density at radius 3 is 2.30 bits per heavy atom. The molecule has 0 bridgehead atoms. The van der Waals surface area contributed by atoms with E-state index in [0.717, 1.165) is 14.3 Å². The van der Waals surface area contributed by atoms with Crippen molar-refractivity contribution < 1.29 is 0 Å². The van der Waals surface area contributed by atoms with Gasteiger partial charge in [0.05, 0.1) is 10.7 Å². The van der Waals surface area contributed by atoms with E-state index in [1.54, 1.807) is 0 Å². The highest BCUT2D eigenvalue weighted by atomic mass is 127. The summed E-state index contributed by atoms with van der Waals surface area (Å²) in [6.45, 7) is 8.64. The summed E-state index contributed by atoms with van der Waals surface area (Å²) in [5.41, 5.74) is 6.29. The number of anilines is 1. The van der Waals surface area contributed by atoms with Crippen LogP contribution >= 0.6 is 34.2 Å². The maximum atomic E-state index is 6.29. The minimum atomic E-state index is 0.229. The monoisotopic (exact) mass is 399 g/mol. The van der Waals surface area contributed by atoms with E-state index < -0.39 is 0 Å². The van der Waals surface area contributed by atoms with Crippen molar-refractivity contribution >= 4 is 39.9 Å². The molecule has 106 valence electrons. The molecule has 0 fully saturated rings. The van der Waals surface area contributed by atoms with Gasteiger partial charge in [-0.1, -0.05) is 23.7 Å². The molecule has 0 aliphatic rings. The first-order valence-corrected chi connectivity index (χ1v) is 8.13. The van der Waals surface area contributed by atoms with Gasteiger partial charge < -0.3 is 5.32 Å². The maximum Gasteiger partial charge on any atom is 0.0648 e. The van der Waals surface area contributed by atoms with Gasteiger partial charge in [-0.05, 0) is 90.7 Å². The fourth-order valence-corrected chi connectivity index (χ4v) is 3.28. The van der Waals surface area contributed by atoms with Crippen LogP contribution in [0.1, 0.15) is 35.2 Å². The van der Waals surface area contributed by atoms with Gasteiger partial charge in [-0.3, -0.25) is 0 Å². The molecule has 0 spiro atoms. The van der Waals surface area contributed by atoms with Gasteiger partial charge in [0.2, 0.25) is 0 Å². The predicted molar refractivity (Wildman–Crippen MR) is 96.9 cm³/mol. The zero-order valence-electron chi connectivity index (χ0n) is 12.2. The van der Waals surface area contributed by atoms with Gasteiger partial charge in [0.1, 0.15) is 0 Å². The molecule has 0 radical (unpaired) electrons. The van der Waals surface area contributed by atoms with E-state index in [1.165, 1.54) is 22.3 Å². The van der Waals surface area contributed by atoms with Crippen LogP contribution in [0.4, 0.5) is 5.69 Å². The lowest BCUT2D eigenvalue weighted by atomic mass is 9.96. The van der Waals surface area contributed by atoms with Crippen LogP contribution in [0.2, 0.25) is 5.02 Å². The smallest absolute Gasteiger partial charge is 0.0648 e. The number of hydrogen-bond acceptors (Lipinski definition) is 1. The third kappa shape index (κ3) is 3.47. The SMILES string of the molecule is Cc1cc(C)c(C(C)Nc2ccc(I)cc2Cl)cc1C. The average Bonchev–Trinajstić information content (AvgIpc) is 2.37. The first kappa shape index (κ1) is 15.6. The van der Waals surface area contributed by atoms with Crippen molar-refractivity contribution in [1.29, 1.82) is 0 Å². The van der Waals surface area contributed by atoms with Crippen LogP contribution in [0, 0.1) is 24.3 Å². The van der Waals surface area contributed by atoms with Crippen molar-refractivity contribution in [2.24, 2.45) is 0 Å². The second-order valence-electron chi connectivity index (χ2n) is 5.28. The Hall–Kier alpha value is -0.740. The number of halogens is 2. The van der Waals surface area contributed by atoms with Gasteiger partial charge in [0.25, 0.3) is 0 Å². The maximum absolute atomic E-state index is 6.29. The zero-order chi connectivity index (χ0) is 14.9. The Morgan fingerprint density at radius 1 is 1.00 bits per heavy atom. The quantitative estimate of drug-likeness (QED) is 0.620. The van der Waals surface area contributed by atoms with Crippen molar-refractivity contribution in [2.45, 2.75) is 33.7 Å². The summed E-state index contributed by atoms with van der Waals surface area (Å²) < 4.78 is 1.15. The topological polar surface area (TPSA) is 12.0 Å². The highest BCUT2D eigenvalue weighted by Gasteiger charge is 2.11. The number of nitrogens with one attached hydrogen (secondary N) is 1. The molecule has 0 aliphatic carbocycles. The van der Waals surface area contributed by atoms with E-state index >= 15 is 0 Å². The molecule has 0 saturated heterocycles. The van der Waals surface area contributed by atoms with Gasteiger partial charge in [-0.25, -0.2) is 0 Å².